The van der Waals surface area contributed by atoms with E-state index in [1.807, 2.05) is 0 Å². The molecule has 0 aliphatic rings. The van der Waals surface area contributed by atoms with Crippen molar-refractivity contribution >= 4 is 44.8 Å². The first kappa shape index (κ1) is 15.1. The molecule has 18 heavy (non-hydrogen) atoms. The highest BCUT2D eigenvalue weighted by atomic mass is 35.5. The van der Waals surface area contributed by atoms with Gasteiger partial charge in [0.15, 0.2) is 0 Å². The van der Waals surface area contributed by atoms with Crippen LogP contribution in [0.1, 0.15) is 16.8 Å². The van der Waals surface area contributed by atoms with Gasteiger partial charge in [-0.2, -0.15) is 0 Å². The van der Waals surface area contributed by atoms with Crippen molar-refractivity contribution < 1.29 is 13.2 Å². The minimum atomic E-state index is -3.53. The molecule has 0 aromatic heterocycles. The Morgan fingerprint density at radius 2 is 2.06 bits per heavy atom. The number of anilines is 1. The number of primary amides is 1. The number of halogens is 2. The van der Waals surface area contributed by atoms with Crippen LogP contribution >= 0.6 is 23.2 Å². The quantitative estimate of drug-likeness (QED) is 0.785. The zero-order valence-corrected chi connectivity index (χ0v) is 11.6. The number of nitrogens with one attached hydrogen (secondary N) is 1. The molecule has 0 aliphatic heterocycles. The molecule has 0 saturated heterocycles. The maximum absolute atomic E-state index is 11.6. The number of alkyl halides is 1. The molecule has 3 N–H and O–H groups in total. The van der Waals surface area contributed by atoms with Crippen LogP contribution in [0.3, 0.4) is 0 Å². The van der Waals surface area contributed by atoms with E-state index in [1.54, 1.807) is 0 Å². The predicted octanol–water partition coefficient (Wildman–Crippen LogP) is 1.81. The molecular weight excluding hydrogens is 299 g/mol. The fourth-order valence-corrected chi connectivity index (χ4v) is 2.86. The van der Waals surface area contributed by atoms with E-state index in [1.165, 1.54) is 18.2 Å². The Bertz CT molecular complexity index is 546. The number of sulfonamides is 1. The van der Waals surface area contributed by atoms with Gasteiger partial charge in [-0.05, 0) is 24.6 Å². The van der Waals surface area contributed by atoms with E-state index in [9.17, 15) is 13.2 Å². The van der Waals surface area contributed by atoms with Crippen LogP contribution in [-0.4, -0.2) is 26.0 Å². The first-order chi connectivity index (χ1) is 8.35. The summed E-state index contributed by atoms with van der Waals surface area (Å²) in [6.45, 7) is 0. The van der Waals surface area contributed by atoms with Crippen LogP contribution in [-0.2, 0) is 10.0 Å². The maximum Gasteiger partial charge on any atom is 0.248 e. The fourth-order valence-electron chi connectivity index (χ4n) is 1.22. The first-order valence-corrected chi connectivity index (χ1v) is 7.58. The van der Waals surface area contributed by atoms with Gasteiger partial charge in [-0.3, -0.25) is 9.52 Å². The van der Waals surface area contributed by atoms with E-state index in [-0.39, 0.29) is 27.9 Å². The van der Waals surface area contributed by atoms with E-state index in [0.29, 0.717) is 6.42 Å². The molecule has 1 aromatic carbocycles. The van der Waals surface area contributed by atoms with E-state index >= 15 is 0 Å². The molecule has 0 heterocycles. The van der Waals surface area contributed by atoms with E-state index in [4.69, 9.17) is 28.9 Å². The predicted molar refractivity (Wildman–Crippen MR) is 72.7 cm³/mol. The lowest BCUT2D eigenvalue weighted by molar-refractivity contribution is 0.100. The second-order valence-corrected chi connectivity index (χ2v) is 6.15. The molecular formula is C10H12Cl2N2O3S. The largest absolute Gasteiger partial charge is 0.366 e. The third kappa shape index (κ3) is 4.36. The standard InChI is InChI=1S/C10H12Cl2N2O3S/c11-4-1-5-18(16,17)14-9-6-7(10(13)15)2-3-8(9)12/h2-3,6,14H,1,4-5H2,(H2,13,15). The average Bonchev–Trinajstić information content (AvgIpc) is 2.29. The molecule has 0 aliphatic carbocycles. The van der Waals surface area contributed by atoms with Gasteiger partial charge in [0.1, 0.15) is 0 Å². The Morgan fingerprint density at radius 3 is 2.61 bits per heavy atom. The number of carbonyl (C=O) groups excluding carboxylic acids is 1. The van der Waals surface area contributed by atoms with Gasteiger partial charge in [0.05, 0.1) is 16.5 Å². The highest BCUT2D eigenvalue weighted by Crippen LogP contribution is 2.24. The summed E-state index contributed by atoms with van der Waals surface area (Å²) in [7, 11) is -3.53. The van der Waals surface area contributed by atoms with Crippen molar-refractivity contribution in [1.82, 2.24) is 0 Å². The maximum atomic E-state index is 11.6. The van der Waals surface area contributed by atoms with Crippen LogP contribution in [0, 0.1) is 0 Å². The summed E-state index contributed by atoms with van der Waals surface area (Å²) in [4.78, 5) is 11.0. The lowest BCUT2D eigenvalue weighted by Crippen LogP contribution is -2.18. The number of amides is 1. The summed E-state index contributed by atoms with van der Waals surface area (Å²) in [6.07, 6.45) is 0.323. The summed E-state index contributed by atoms with van der Waals surface area (Å²) in [5, 5.41) is 0.189. The zero-order valence-electron chi connectivity index (χ0n) is 9.32. The third-order valence-corrected chi connectivity index (χ3v) is 4.02. The van der Waals surface area contributed by atoms with Crippen molar-refractivity contribution in [1.29, 1.82) is 0 Å². The van der Waals surface area contributed by atoms with Crippen LogP contribution in [0.2, 0.25) is 5.02 Å². The Hall–Kier alpha value is -0.980. The van der Waals surface area contributed by atoms with Gasteiger partial charge in [-0.25, -0.2) is 8.42 Å². The summed E-state index contributed by atoms with van der Waals surface area (Å²) in [6, 6.07) is 4.12. The van der Waals surface area contributed by atoms with Crippen molar-refractivity contribution in [3.05, 3.63) is 28.8 Å². The number of rotatable bonds is 6. The first-order valence-electron chi connectivity index (χ1n) is 5.01. The van der Waals surface area contributed by atoms with Crippen molar-refractivity contribution in [2.24, 2.45) is 5.73 Å². The molecule has 5 nitrogen and oxygen atoms in total. The molecule has 0 unspecified atom stereocenters. The Kier molecular flexibility index (Phi) is 5.25. The van der Waals surface area contributed by atoms with Crippen LogP contribution in [0.25, 0.3) is 0 Å². The normalized spacial score (nSPS) is 11.2. The van der Waals surface area contributed by atoms with Crippen molar-refractivity contribution in [3.63, 3.8) is 0 Å². The van der Waals surface area contributed by atoms with Crippen LogP contribution in [0.5, 0.6) is 0 Å². The topological polar surface area (TPSA) is 89.3 Å². The second-order valence-electron chi connectivity index (χ2n) is 3.52. The van der Waals surface area contributed by atoms with Crippen LogP contribution in [0.4, 0.5) is 5.69 Å². The van der Waals surface area contributed by atoms with Crippen molar-refractivity contribution in [2.45, 2.75) is 6.42 Å². The molecule has 1 amide bonds. The van der Waals surface area contributed by atoms with E-state index in [2.05, 4.69) is 4.72 Å². The fraction of sp³-hybridized carbons (Fsp3) is 0.300. The van der Waals surface area contributed by atoms with E-state index < -0.39 is 15.9 Å². The van der Waals surface area contributed by atoms with Gasteiger partial charge in [0.25, 0.3) is 0 Å². The smallest absolute Gasteiger partial charge is 0.248 e. The molecule has 0 atom stereocenters. The van der Waals surface area contributed by atoms with E-state index in [0.717, 1.165) is 0 Å². The lowest BCUT2D eigenvalue weighted by atomic mass is 10.2. The average molecular weight is 311 g/mol. The summed E-state index contributed by atoms with van der Waals surface area (Å²) < 4.78 is 25.6. The Morgan fingerprint density at radius 1 is 1.39 bits per heavy atom. The molecule has 0 fully saturated rings. The molecule has 0 bridgehead atoms. The minimum absolute atomic E-state index is 0.117. The second kappa shape index (κ2) is 6.26. The van der Waals surface area contributed by atoms with Crippen LogP contribution < -0.4 is 10.5 Å². The monoisotopic (exact) mass is 310 g/mol. The third-order valence-electron chi connectivity index (χ3n) is 2.06. The number of hydrogen-bond acceptors (Lipinski definition) is 3. The highest BCUT2D eigenvalue weighted by Gasteiger charge is 2.13. The van der Waals surface area contributed by atoms with Gasteiger partial charge >= 0.3 is 0 Å². The summed E-state index contributed by atoms with van der Waals surface area (Å²) >= 11 is 11.3. The van der Waals surface area contributed by atoms with Gasteiger partial charge in [-0.15, -0.1) is 11.6 Å². The summed E-state index contributed by atoms with van der Waals surface area (Å²) in [5.74, 6) is -0.531. The molecule has 0 saturated carbocycles. The SMILES string of the molecule is NC(=O)c1ccc(Cl)c(NS(=O)(=O)CCCCl)c1. The van der Waals surface area contributed by atoms with Gasteiger partial charge in [0.2, 0.25) is 15.9 Å². The number of benzene rings is 1. The van der Waals surface area contributed by atoms with Crippen molar-refractivity contribution in [3.8, 4) is 0 Å². The van der Waals surface area contributed by atoms with Crippen molar-refractivity contribution in [2.75, 3.05) is 16.4 Å². The molecule has 100 valence electrons. The lowest BCUT2D eigenvalue weighted by Gasteiger charge is -2.09. The summed E-state index contributed by atoms with van der Waals surface area (Å²) in [5.41, 5.74) is 5.40. The molecule has 1 aromatic rings. The van der Waals surface area contributed by atoms with Crippen LogP contribution in [0.15, 0.2) is 18.2 Å². The number of hydrogen-bond donors (Lipinski definition) is 2. The number of carbonyl (C=O) groups is 1. The minimum Gasteiger partial charge on any atom is -0.366 e. The van der Waals surface area contributed by atoms with Gasteiger partial charge < -0.3 is 5.73 Å². The van der Waals surface area contributed by atoms with Gasteiger partial charge in [0, 0.05) is 11.4 Å². The molecule has 1 rings (SSSR count). The Balaban J connectivity index is 2.96. The molecule has 0 spiro atoms. The molecule has 0 radical (unpaired) electrons. The highest BCUT2D eigenvalue weighted by molar-refractivity contribution is 7.92. The Labute approximate surface area is 115 Å². The zero-order chi connectivity index (χ0) is 13.8. The number of nitrogens with two attached hydrogens (primary N) is 1. The molecule has 8 heteroatoms. The van der Waals surface area contributed by atoms with Gasteiger partial charge in [-0.1, -0.05) is 11.6 Å².